The topological polar surface area (TPSA) is 59.8 Å². The molecule has 1 amide bonds. The monoisotopic (exact) mass is 230 g/mol. The van der Waals surface area contributed by atoms with Gasteiger partial charge in [-0.05, 0) is 26.0 Å². The lowest BCUT2D eigenvalue weighted by atomic mass is 10.2. The second-order valence-electron chi connectivity index (χ2n) is 3.65. The van der Waals surface area contributed by atoms with Crippen molar-refractivity contribution in [1.29, 1.82) is 0 Å². The van der Waals surface area contributed by atoms with Crippen LogP contribution in [0.1, 0.15) is 23.0 Å². The Morgan fingerprint density at radius 3 is 2.71 bits per heavy atom. The van der Waals surface area contributed by atoms with E-state index in [4.69, 9.17) is 0 Å². The molecule has 88 valence electrons. The number of rotatable bonds is 3. The first kappa shape index (κ1) is 11.3. The number of nitrogens with one attached hydrogen (secondary N) is 1. The molecule has 0 aliphatic rings. The van der Waals surface area contributed by atoms with Gasteiger partial charge in [-0.25, -0.2) is 0 Å². The Hall–Kier alpha value is -2.17. The van der Waals surface area contributed by atoms with Gasteiger partial charge in [-0.2, -0.15) is 5.10 Å². The Kier molecular flexibility index (Phi) is 3.18. The third kappa shape index (κ3) is 2.33. The molecule has 0 unspecified atom stereocenters. The van der Waals surface area contributed by atoms with Crippen LogP contribution in [0.5, 0.6) is 0 Å². The molecule has 0 aliphatic heterocycles. The molecule has 0 atom stereocenters. The molecule has 5 nitrogen and oxygen atoms in total. The van der Waals surface area contributed by atoms with Crippen LogP contribution < -0.4 is 5.32 Å². The van der Waals surface area contributed by atoms with E-state index in [0.717, 1.165) is 17.9 Å². The zero-order valence-corrected chi connectivity index (χ0v) is 9.84. The van der Waals surface area contributed by atoms with Crippen molar-refractivity contribution < 1.29 is 4.79 Å². The quantitative estimate of drug-likeness (QED) is 0.875. The molecule has 2 aromatic rings. The number of carbonyl (C=O) groups excluding carboxylic acids is 1. The first-order valence-corrected chi connectivity index (χ1v) is 5.46. The van der Waals surface area contributed by atoms with Crippen LogP contribution in [0.25, 0.3) is 0 Å². The third-order valence-electron chi connectivity index (χ3n) is 2.59. The van der Waals surface area contributed by atoms with Crippen LogP contribution in [-0.2, 0) is 6.54 Å². The maximum Gasteiger partial charge on any atom is 0.259 e. The summed E-state index contributed by atoms with van der Waals surface area (Å²) in [5, 5.41) is 6.94. The lowest BCUT2D eigenvalue weighted by Crippen LogP contribution is -2.13. The fraction of sp³-hybridized carbons (Fsp3) is 0.250. The van der Waals surface area contributed by atoms with Gasteiger partial charge in [-0.15, -0.1) is 0 Å². The van der Waals surface area contributed by atoms with E-state index in [1.165, 1.54) is 0 Å². The van der Waals surface area contributed by atoms with Crippen LogP contribution in [-0.4, -0.2) is 20.7 Å². The van der Waals surface area contributed by atoms with E-state index in [9.17, 15) is 4.79 Å². The molecule has 2 rings (SSSR count). The lowest BCUT2D eigenvalue weighted by molar-refractivity contribution is 0.102. The minimum atomic E-state index is -0.145. The minimum Gasteiger partial charge on any atom is -0.322 e. The highest BCUT2D eigenvalue weighted by Gasteiger charge is 2.13. The molecule has 0 saturated heterocycles. The van der Waals surface area contributed by atoms with Gasteiger partial charge >= 0.3 is 0 Å². The standard InChI is InChI=1S/C12H14N4O/c1-3-16-9(2)11(8-14-16)12(17)15-10-4-6-13-7-5-10/h4-8H,3H2,1-2H3,(H,13,15,17). The van der Waals surface area contributed by atoms with Crippen molar-refractivity contribution >= 4 is 11.6 Å². The molecule has 2 heterocycles. The van der Waals surface area contributed by atoms with Crippen LogP contribution in [0.2, 0.25) is 0 Å². The first-order chi connectivity index (χ1) is 8.22. The number of hydrogen-bond acceptors (Lipinski definition) is 3. The van der Waals surface area contributed by atoms with Crippen LogP contribution in [0.15, 0.2) is 30.7 Å². The fourth-order valence-corrected chi connectivity index (χ4v) is 1.62. The van der Waals surface area contributed by atoms with Crippen molar-refractivity contribution in [3.63, 3.8) is 0 Å². The van der Waals surface area contributed by atoms with Gasteiger partial charge in [-0.3, -0.25) is 14.5 Å². The number of aromatic nitrogens is 3. The molecule has 1 N–H and O–H groups in total. The number of hydrogen-bond donors (Lipinski definition) is 1. The minimum absolute atomic E-state index is 0.145. The highest BCUT2D eigenvalue weighted by atomic mass is 16.1. The number of nitrogens with zero attached hydrogens (tertiary/aromatic N) is 3. The second kappa shape index (κ2) is 4.78. The van der Waals surface area contributed by atoms with Gasteiger partial charge in [0.1, 0.15) is 0 Å². The number of aryl methyl sites for hydroxylation is 1. The highest BCUT2D eigenvalue weighted by molar-refractivity contribution is 6.04. The summed E-state index contributed by atoms with van der Waals surface area (Å²) in [5.41, 5.74) is 2.20. The molecular weight excluding hydrogens is 216 g/mol. The summed E-state index contributed by atoms with van der Waals surface area (Å²) in [7, 11) is 0. The average Bonchev–Trinajstić information content (AvgIpc) is 2.71. The molecule has 0 fully saturated rings. The smallest absolute Gasteiger partial charge is 0.259 e. The molecule has 5 heteroatoms. The summed E-state index contributed by atoms with van der Waals surface area (Å²) >= 11 is 0. The largest absolute Gasteiger partial charge is 0.322 e. The Morgan fingerprint density at radius 1 is 1.41 bits per heavy atom. The lowest BCUT2D eigenvalue weighted by Gasteiger charge is -2.04. The van der Waals surface area contributed by atoms with Gasteiger partial charge in [0.25, 0.3) is 5.91 Å². The number of carbonyl (C=O) groups is 1. The van der Waals surface area contributed by atoms with E-state index in [1.54, 1.807) is 35.4 Å². The van der Waals surface area contributed by atoms with Crippen molar-refractivity contribution in [3.8, 4) is 0 Å². The van der Waals surface area contributed by atoms with Gasteiger partial charge < -0.3 is 5.32 Å². The van der Waals surface area contributed by atoms with E-state index in [-0.39, 0.29) is 5.91 Å². The van der Waals surface area contributed by atoms with E-state index < -0.39 is 0 Å². The fourth-order valence-electron chi connectivity index (χ4n) is 1.62. The van der Waals surface area contributed by atoms with Crippen molar-refractivity contribution in [2.75, 3.05) is 5.32 Å². The van der Waals surface area contributed by atoms with Crippen molar-refractivity contribution in [1.82, 2.24) is 14.8 Å². The average molecular weight is 230 g/mol. The molecule has 0 aliphatic carbocycles. The summed E-state index contributed by atoms with van der Waals surface area (Å²) in [5.74, 6) is -0.145. The summed E-state index contributed by atoms with van der Waals surface area (Å²) in [6, 6.07) is 3.49. The van der Waals surface area contributed by atoms with Gasteiger partial charge in [-0.1, -0.05) is 0 Å². The third-order valence-corrected chi connectivity index (χ3v) is 2.59. The zero-order chi connectivity index (χ0) is 12.3. The van der Waals surface area contributed by atoms with E-state index in [0.29, 0.717) is 5.56 Å². The number of anilines is 1. The van der Waals surface area contributed by atoms with Crippen LogP contribution >= 0.6 is 0 Å². The zero-order valence-electron chi connectivity index (χ0n) is 9.84. The SMILES string of the molecule is CCn1ncc(C(=O)Nc2ccncc2)c1C. The van der Waals surface area contributed by atoms with Crippen LogP contribution in [0, 0.1) is 6.92 Å². The van der Waals surface area contributed by atoms with Crippen LogP contribution in [0.3, 0.4) is 0 Å². The Balaban J connectivity index is 2.18. The first-order valence-electron chi connectivity index (χ1n) is 5.46. The molecule has 0 aromatic carbocycles. The van der Waals surface area contributed by atoms with E-state index in [1.807, 2.05) is 13.8 Å². The van der Waals surface area contributed by atoms with Gasteiger partial charge in [0, 0.05) is 30.3 Å². The number of pyridine rings is 1. The van der Waals surface area contributed by atoms with Crippen LogP contribution in [0.4, 0.5) is 5.69 Å². The van der Waals surface area contributed by atoms with E-state index in [2.05, 4.69) is 15.4 Å². The molecule has 0 radical (unpaired) electrons. The second-order valence-corrected chi connectivity index (χ2v) is 3.65. The summed E-state index contributed by atoms with van der Waals surface area (Å²) < 4.78 is 1.79. The molecule has 0 spiro atoms. The molecule has 2 aromatic heterocycles. The molecule has 17 heavy (non-hydrogen) atoms. The molecule has 0 bridgehead atoms. The molecule has 0 saturated carbocycles. The highest BCUT2D eigenvalue weighted by Crippen LogP contribution is 2.11. The normalized spacial score (nSPS) is 10.2. The maximum absolute atomic E-state index is 12.0. The predicted molar refractivity (Wildman–Crippen MR) is 64.8 cm³/mol. The van der Waals surface area contributed by atoms with Gasteiger partial charge in [0.05, 0.1) is 11.8 Å². The Bertz CT molecular complexity index is 519. The summed E-state index contributed by atoms with van der Waals surface area (Å²) in [6.45, 7) is 4.64. The summed E-state index contributed by atoms with van der Waals surface area (Å²) in [6.07, 6.45) is 4.87. The van der Waals surface area contributed by atoms with Crippen molar-refractivity contribution in [2.45, 2.75) is 20.4 Å². The Morgan fingerprint density at radius 2 is 2.12 bits per heavy atom. The van der Waals surface area contributed by atoms with Crippen molar-refractivity contribution in [3.05, 3.63) is 42.0 Å². The van der Waals surface area contributed by atoms with Gasteiger partial charge in [0.2, 0.25) is 0 Å². The predicted octanol–water partition coefficient (Wildman–Crippen LogP) is 1.86. The van der Waals surface area contributed by atoms with Gasteiger partial charge in [0.15, 0.2) is 0 Å². The Labute approximate surface area is 99.5 Å². The van der Waals surface area contributed by atoms with E-state index >= 15 is 0 Å². The summed E-state index contributed by atoms with van der Waals surface area (Å²) in [4.78, 5) is 15.9. The number of amides is 1. The molecular formula is C12H14N4O. The maximum atomic E-state index is 12.0. The van der Waals surface area contributed by atoms with Crippen molar-refractivity contribution in [2.24, 2.45) is 0 Å².